The molecule has 1 unspecified atom stereocenters. The van der Waals surface area contributed by atoms with Gasteiger partial charge in [-0.1, -0.05) is 0 Å². The Bertz CT molecular complexity index is 626. The van der Waals surface area contributed by atoms with Crippen LogP contribution in [0.2, 0.25) is 0 Å². The zero-order valence-corrected chi connectivity index (χ0v) is 13.2. The second kappa shape index (κ2) is 5.63. The van der Waals surface area contributed by atoms with E-state index >= 15 is 0 Å². The number of amides is 1. The second-order valence-electron chi connectivity index (χ2n) is 4.97. The number of carbonyl (C=O) groups is 1. The van der Waals surface area contributed by atoms with E-state index in [1.807, 2.05) is 6.92 Å². The number of aromatic nitrogens is 1. The highest BCUT2D eigenvalue weighted by Crippen LogP contribution is 2.34. The molecule has 4 nitrogen and oxygen atoms in total. The molecular weight excluding hydrogens is 290 g/mol. The standard InChI is InChI=1S/C14H17N3OS2/c1-8-5-6-11(19-8)12-9(2)20-14(16-12)17-13(18)10-4-3-7-15-10/h5-6,10,15H,3-4,7H2,1-2H3,(H,16,17,18). The van der Waals surface area contributed by atoms with Gasteiger partial charge in [0.15, 0.2) is 5.13 Å². The Morgan fingerprint density at radius 3 is 2.90 bits per heavy atom. The third-order valence-electron chi connectivity index (χ3n) is 3.38. The minimum Gasteiger partial charge on any atom is -0.306 e. The number of rotatable bonds is 3. The van der Waals surface area contributed by atoms with E-state index < -0.39 is 0 Å². The Morgan fingerprint density at radius 2 is 2.25 bits per heavy atom. The van der Waals surface area contributed by atoms with Crippen molar-refractivity contribution < 1.29 is 4.79 Å². The normalized spacial score (nSPS) is 18.4. The number of hydrogen-bond donors (Lipinski definition) is 2. The molecule has 3 rings (SSSR count). The Balaban J connectivity index is 1.76. The molecule has 0 spiro atoms. The van der Waals surface area contributed by atoms with E-state index in [-0.39, 0.29) is 11.9 Å². The Labute approximate surface area is 126 Å². The zero-order valence-electron chi connectivity index (χ0n) is 11.5. The first kappa shape index (κ1) is 13.7. The molecule has 1 saturated heterocycles. The van der Waals surface area contributed by atoms with Crippen molar-refractivity contribution >= 4 is 33.7 Å². The quantitative estimate of drug-likeness (QED) is 0.915. The number of nitrogens with zero attached hydrogens (tertiary/aromatic N) is 1. The summed E-state index contributed by atoms with van der Waals surface area (Å²) in [5, 5.41) is 6.83. The van der Waals surface area contributed by atoms with Gasteiger partial charge in [-0.3, -0.25) is 4.79 Å². The topological polar surface area (TPSA) is 54.0 Å². The van der Waals surface area contributed by atoms with Gasteiger partial charge in [0.2, 0.25) is 5.91 Å². The third-order valence-corrected chi connectivity index (χ3v) is 5.27. The lowest BCUT2D eigenvalue weighted by atomic mass is 10.2. The maximum absolute atomic E-state index is 12.1. The van der Waals surface area contributed by atoms with Gasteiger partial charge in [0.25, 0.3) is 0 Å². The van der Waals surface area contributed by atoms with Crippen molar-refractivity contribution in [2.45, 2.75) is 32.7 Å². The summed E-state index contributed by atoms with van der Waals surface area (Å²) in [7, 11) is 0. The molecule has 2 aromatic rings. The highest BCUT2D eigenvalue weighted by Gasteiger charge is 2.23. The van der Waals surface area contributed by atoms with Crippen LogP contribution in [0.25, 0.3) is 10.6 Å². The molecule has 0 saturated carbocycles. The van der Waals surface area contributed by atoms with Gasteiger partial charge in [-0.2, -0.15) is 0 Å². The van der Waals surface area contributed by atoms with Crippen LogP contribution in [0.15, 0.2) is 12.1 Å². The number of carbonyl (C=O) groups excluding carboxylic acids is 1. The molecule has 6 heteroatoms. The van der Waals surface area contributed by atoms with Gasteiger partial charge in [0.05, 0.1) is 16.6 Å². The fourth-order valence-corrected chi connectivity index (χ4v) is 4.15. The zero-order chi connectivity index (χ0) is 14.1. The molecule has 0 bridgehead atoms. The summed E-state index contributed by atoms with van der Waals surface area (Å²) in [5.74, 6) is 0.0326. The Morgan fingerprint density at radius 1 is 1.40 bits per heavy atom. The van der Waals surface area contributed by atoms with Crippen LogP contribution in [0.4, 0.5) is 5.13 Å². The SMILES string of the molecule is Cc1ccc(-c2nc(NC(=O)C3CCCN3)sc2C)s1. The van der Waals surface area contributed by atoms with Crippen molar-refractivity contribution in [2.24, 2.45) is 0 Å². The molecule has 0 aromatic carbocycles. The molecule has 106 valence electrons. The minimum absolute atomic E-state index is 0.0326. The van der Waals surface area contributed by atoms with E-state index in [2.05, 4.69) is 34.7 Å². The minimum atomic E-state index is -0.0633. The van der Waals surface area contributed by atoms with E-state index in [1.165, 1.54) is 4.88 Å². The van der Waals surface area contributed by atoms with Crippen molar-refractivity contribution in [3.8, 4) is 10.6 Å². The molecule has 1 amide bonds. The molecule has 0 radical (unpaired) electrons. The summed E-state index contributed by atoms with van der Waals surface area (Å²) in [4.78, 5) is 20.2. The van der Waals surface area contributed by atoms with Gasteiger partial charge in [-0.25, -0.2) is 4.98 Å². The summed E-state index contributed by atoms with van der Waals surface area (Å²) in [5.41, 5.74) is 0.989. The van der Waals surface area contributed by atoms with Crippen LogP contribution in [0, 0.1) is 13.8 Å². The van der Waals surface area contributed by atoms with E-state index in [4.69, 9.17) is 0 Å². The number of thiophene rings is 1. The Kier molecular flexibility index (Phi) is 3.87. The maximum atomic E-state index is 12.1. The summed E-state index contributed by atoms with van der Waals surface area (Å²) in [6.07, 6.45) is 1.97. The molecule has 3 heterocycles. The van der Waals surface area contributed by atoms with Gasteiger partial charge in [0.1, 0.15) is 0 Å². The van der Waals surface area contributed by atoms with Crippen LogP contribution < -0.4 is 10.6 Å². The summed E-state index contributed by atoms with van der Waals surface area (Å²) < 4.78 is 0. The van der Waals surface area contributed by atoms with Crippen LogP contribution in [-0.2, 0) is 4.79 Å². The molecule has 1 aliphatic heterocycles. The number of thiazole rings is 1. The molecule has 2 aromatic heterocycles. The summed E-state index contributed by atoms with van der Waals surface area (Å²) >= 11 is 3.27. The molecule has 1 fully saturated rings. The van der Waals surface area contributed by atoms with Crippen molar-refractivity contribution in [2.75, 3.05) is 11.9 Å². The van der Waals surface area contributed by atoms with Crippen LogP contribution in [0.5, 0.6) is 0 Å². The van der Waals surface area contributed by atoms with Crippen molar-refractivity contribution in [1.29, 1.82) is 0 Å². The average molecular weight is 307 g/mol. The predicted molar refractivity (Wildman–Crippen MR) is 84.6 cm³/mol. The van der Waals surface area contributed by atoms with Crippen molar-refractivity contribution in [1.82, 2.24) is 10.3 Å². The fraction of sp³-hybridized carbons (Fsp3) is 0.429. The highest BCUT2D eigenvalue weighted by atomic mass is 32.1. The van der Waals surface area contributed by atoms with Crippen LogP contribution in [0.3, 0.4) is 0 Å². The molecule has 0 aliphatic carbocycles. The first-order valence-corrected chi connectivity index (χ1v) is 8.35. The molecule has 2 N–H and O–H groups in total. The number of aryl methyl sites for hydroxylation is 2. The van der Waals surface area contributed by atoms with E-state index in [0.717, 1.165) is 34.8 Å². The maximum Gasteiger partial charge on any atom is 0.243 e. The molecule has 20 heavy (non-hydrogen) atoms. The van der Waals surface area contributed by atoms with Gasteiger partial charge in [-0.15, -0.1) is 22.7 Å². The first-order valence-electron chi connectivity index (χ1n) is 6.72. The number of nitrogens with one attached hydrogen (secondary N) is 2. The van der Waals surface area contributed by atoms with Crippen molar-refractivity contribution in [3.05, 3.63) is 21.9 Å². The van der Waals surface area contributed by atoms with Crippen LogP contribution >= 0.6 is 22.7 Å². The number of hydrogen-bond acceptors (Lipinski definition) is 5. The smallest absolute Gasteiger partial charge is 0.243 e. The predicted octanol–water partition coefficient (Wildman–Crippen LogP) is 3.18. The van der Waals surface area contributed by atoms with Gasteiger partial charge in [-0.05, 0) is 45.4 Å². The lowest BCUT2D eigenvalue weighted by Crippen LogP contribution is -2.35. The van der Waals surface area contributed by atoms with Gasteiger partial charge < -0.3 is 10.6 Å². The number of anilines is 1. The van der Waals surface area contributed by atoms with Gasteiger partial charge in [0, 0.05) is 9.75 Å². The van der Waals surface area contributed by atoms with Gasteiger partial charge >= 0.3 is 0 Å². The molecular formula is C14H17N3OS2. The van der Waals surface area contributed by atoms with E-state index in [1.54, 1.807) is 22.7 Å². The third kappa shape index (κ3) is 2.77. The lowest BCUT2D eigenvalue weighted by Gasteiger charge is -2.08. The van der Waals surface area contributed by atoms with E-state index in [9.17, 15) is 4.79 Å². The van der Waals surface area contributed by atoms with Crippen LogP contribution in [0.1, 0.15) is 22.6 Å². The summed E-state index contributed by atoms with van der Waals surface area (Å²) in [6, 6.07) is 4.12. The summed E-state index contributed by atoms with van der Waals surface area (Å²) in [6.45, 7) is 5.06. The molecule has 1 atom stereocenters. The Hall–Kier alpha value is -1.24. The monoisotopic (exact) mass is 307 g/mol. The van der Waals surface area contributed by atoms with Crippen LogP contribution in [-0.4, -0.2) is 23.5 Å². The first-order chi connectivity index (χ1) is 9.63. The largest absolute Gasteiger partial charge is 0.306 e. The van der Waals surface area contributed by atoms with E-state index in [0.29, 0.717) is 5.13 Å². The molecule has 1 aliphatic rings. The second-order valence-corrected chi connectivity index (χ2v) is 7.46. The van der Waals surface area contributed by atoms with Crippen molar-refractivity contribution in [3.63, 3.8) is 0 Å². The lowest BCUT2D eigenvalue weighted by molar-refractivity contribution is -0.117. The fourth-order valence-electron chi connectivity index (χ4n) is 2.34. The average Bonchev–Trinajstić information content (AvgIpc) is 3.10. The highest BCUT2D eigenvalue weighted by molar-refractivity contribution is 7.18.